The minimum Gasteiger partial charge on any atom is -0.316 e. The number of nitrogens with zero attached hydrogens (tertiary/aromatic N) is 1. The van der Waals surface area contributed by atoms with E-state index in [1.807, 2.05) is 6.07 Å². The fraction of sp³-hybridized carbons (Fsp3) is 0.438. The summed E-state index contributed by atoms with van der Waals surface area (Å²) in [6, 6.07) is 5.08. The number of nitrogens with one attached hydrogen (secondary N) is 1. The van der Waals surface area contributed by atoms with E-state index in [9.17, 15) is 4.39 Å². The number of hydrogen-bond donors (Lipinski definition) is 1. The van der Waals surface area contributed by atoms with Gasteiger partial charge in [0, 0.05) is 21.8 Å². The lowest BCUT2D eigenvalue weighted by molar-refractivity contribution is 0.509. The summed E-state index contributed by atoms with van der Waals surface area (Å²) in [5.41, 5.74) is 1.77. The predicted octanol–water partition coefficient (Wildman–Crippen LogP) is 4.74. The first-order valence-electron chi connectivity index (χ1n) is 7.35. The monoisotopic (exact) mass is 368 g/mol. The van der Waals surface area contributed by atoms with Crippen LogP contribution in [0.1, 0.15) is 36.3 Å². The first-order valence-corrected chi connectivity index (χ1v) is 8.96. The molecule has 0 bridgehead atoms. The first kappa shape index (κ1) is 15.1. The predicted molar refractivity (Wildman–Crippen MR) is 89.4 cm³/mol. The molecule has 0 radical (unpaired) electrons. The number of likely N-dealkylation sites (N-methyl/N-ethyl adjacent to an activating group) is 1. The second-order valence-corrected chi connectivity index (χ2v) is 7.26. The van der Waals surface area contributed by atoms with Crippen LogP contribution in [0, 0.1) is 5.82 Å². The highest BCUT2D eigenvalue weighted by Crippen LogP contribution is 2.40. The lowest BCUT2D eigenvalue weighted by atomic mass is 9.91. The minimum atomic E-state index is -0.210. The van der Waals surface area contributed by atoms with Crippen LogP contribution in [0.4, 0.5) is 4.39 Å². The molecule has 1 aliphatic carbocycles. The fourth-order valence-corrected chi connectivity index (χ4v) is 4.74. The molecule has 21 heavy (non-hydrogen) atoms. The zero-order chi connectivity index (χ0) is 14.8. The van der Waals surface area contributed by atoms with Gasteiger partial charge in [-0.1, -0.05) is 13.0 Å². The molecule has 1 heterocycles. The van der Waals surface area contributed by atoms with Gasteiger partial charge >= 0.3 is 0 Å². The van der Waals surface area contributed by atoms with Gasteiger partial charge in [-0.3, -0.25) is 0 Å². The molecule has 5 heteroatoms. The molecule has 1 N–H and O–H groups in total. The highest BCUT2D eigenvalue weighted by Gasteiger charge is 2.26. The van der Waals surface area contributed by atoms with Gasteiger partial charge < -0.3 is 5.32 Å². The molecule has 0 aliphatic heterocycles. The van der Waals surface area contributed by atoms with E-state index >= 15 is 0 Å². The van der Waals surface area contributed by atoms with E-state index in [4.69, 9.17) is 4.98 Å². The molecule has 1 aromatic heterocycles. The zero-order valence-electron chi connectivity index (χ0n) is 12.0. The van der Waals surface area contributed by atoms with Crippen LogP contribution >= 0.6 is 27.3 Å². The summed E-state index contributed by atoms with van der Waals surface area (Å²) in [5, 5.41) is 4.21. The summed E-state index contributed by atoms with van der Waals surface area (Å²) >= 11 is 5.09. The number of benzene rings is 1. The second kappa shape index (κ2) is 6.55. The van der Waals surface area contributed by atoms with Gasteiger partial charge in [-0.25, -0.2) is 9.37 Å². The molecule has 0 saturated heterocycles. The van der Waals surface area contributed by atoms with Crippen molar-refractivity contribution in [2.24, 2.45) is 0 Å². The average molecular weight is 369 g/mol. The summed E-state index contributed by atoms with van der Waals surface area (Å²) < 4.78 is 14.9. The standard InChI is InChI=1S/C16H18BrFN2S/c1-2-19-9-10-5-3-8-13-15(10)20-16(21-13)14-11(17)6-4-7-12(14)18/h4,6-7,10,19H,2-3,5,8-9H2,1H3. The van der Waals surface area contributed by atoms with Crippen molar-refractivity contribution in [1.82, 2.24) is 10.3 Å². The largest absolute Gasteiger partial charge is 0.316 e. The Morgan fingerprint density at radius 1 is 1.48 bits per heavy atom. The van der Waals surface area contributed by atoms with Crippen LogP contribution in [0.15, 0.2) is 22.7 Å². The Kier molecular flexibility index (Phi) is 4.72. The number of aromatic nitrogens is 1. The van der Waals surface area contributed by atoms with Crippen LogP contribution in [0.2, 0.25) is 0 Å². The number of thiazole rings is 1. The molecule has 2 nitrogen and oxygen atoms in total. The number of fused-ring (bicyclic) bond motifs is 1. The highest BCUT2D eigenvalue weighted by molar-refractivity contribution is 9.10. The van der Waals surface area contributed by atoms with Gasteiger partial charge in [-0.05, 0) is 53.9 Å². The maximum Gasteiger partial charge on any atom is 0.134 e. The fourth-order valence-electron chi connectivity index (χ4n) is 2.83. The van der Waals surface area contributed by atoms with Gasteiger partial charge in [-0.2, -0.15) is 0 Å². The summed E-state index contributed by atoms with van der Waals surface area (Å²) in [4.78, 5) is 6.11. The Bertz CT molecular complexity index is 621. The maximum atomic E-state index is 14.1. The van der Waals surface area contributed by atoms with Gasteiger partial charge in [0.15, 0.2) is 0 Å². The van der Waals surface area contributed by atoms with Crippen molar-refractivity contribution < 1.29 is 4.39 Å². The smallest absolute Gasteiger partial charge is 0.134 e. The van der Waals surface area contributed by atoms with E-state index in [1.54, 1.807) is 17.4 Å². The van der Waals surface area contributed by atoms with Gasteiger partial charge in [0.25, 0.3) is 0 Å². The Morgan fingerprint density at radius 3 is 3.10 bits per heavy atom. The molecular formula is C16H18BrFN2S. The SMILES string of the molecule is CCNCC1CCCc2sc(-c3c(F)cccc3Br)nc21. The van der Waals surface area contributed by atoms with Crippen molar-refractivity contribution >= 4 is 27.3 Å². The maximum absolute atomic E-state index is 14.1. The average Bonchev–Trinajstić information content (AvgIpc) is 2.89. The first-order chi connectivity index (χ1) is 10.2. The second-order valence-electron chi connectivity index (χ2n) is 5.32. The van der Waals surface area contributed by atoms with E-state index in [1.165, 1.54) is 29.5 Å². The molecule has 0 saturated carbocycles. The van der Waals surface area contributed by atoms with Crippen LogP contribution in [0.3, 0.4) is 0 Å². The molecule has 0 spiro atoms. The third-order valence-electron chi connectivity index (χ3n) is 3.89. The molecule has 112 valence electrons. The van der Waals surface area contributed by atoms with Crippen molar-refractivity contribution in [2.45, 2.75) is 32.1 Å². The summed E-state index contributed by atoms with van der Waals surface area (Å²) in [6.07, 6.45) is 3.44. The van der Waals surface area contributed by atoms with Crippen molar-refractivity contribution in [3.05, 3.63) is 39.1 Å². The number of aryl methyl sites for hydroxylation is 1. The lowest BCUT2D eigenvalue weighted by Crippen LogP contribution is -2.23. The Morgan fingerprint density at radius 2 is 2.33 bits per heavy atom. The quantitative estimate of drug-likeness (QED) is 0.842. The normalized spacial score (nSPS) is 17.8. The summed E-state index contributed by atoms with van der Waals surface area (Å²) in [6.45, 7) is 4.06. The van der Waals surface area contributed by atoms with Crippen LogP contribution in [0.5, 0.6) is 0 Å². The Hall–Kier alpha value is -0.780. The summed E-state index contributed by atoms with van der Waals surface area (Å²) in [5.74, 6) is 0.253. The third-order valence-corrected chi connectivity index (χ3v) is 5.70. The van der Waals surface area contributed by atoms with E-state index in [0.29, 0.717) is 11.5 Å². The Labute approximate surface area is 136 Å². The van der Waals surface area contributed by atoms with Crippen LogP contribution in [-0.4, -0.2) is 18.1 Å². The highest BCUT2D eigenvalue weighted by atomic mass is 79.9. The lowest BCUT2D eigenvalue weighted by Gasteiger charge is -2.21. The minimum absolute atomic E-state index is 0.210. The van der Waals surface area contributed by atoms with Crippen LogP contribution in [0.25, 0.3) is 10.6 Å². The molecular weight excluding hydrogens is 351 g/mol. The zero-order valence-corrected chi connectivity index (χ0v) is 14.4. The van der Waals surface area contributed by atoms with E-state index in [-0.39, 0.29) is 5.82 Å². The van der Waals surface area contributed by atoms with Crippen LogP contribution in [-0.2, 0) is 6.42 Å². The van der Waals surface area contributed by atoms with Crippen LogP contribution < -0.4 is 5.32 Å². The van der Waals surface area contributed by atoms with E-state index in [0.717, 1.165) is 29.0 Å². The van der Waals surface area contributed by atoms with Gasteiger partial charge in [0.05, 0.1) is 11.3 Å². The molecule has 0 fully saturated rings. The van der Waals surface area contributed by atoms with Crippen molar-refractivity contribution in [2.75, 3.05) is 13.1 Å². The molecule has 1 atom stereocenters. The molecule has 2 aromatic rings. The Balaban J connectivity index is 1.98. The van der Waals surface area contributed by atoms with Gasteiger partial charge in [0.1, 0.15) is 10.8 Å². The number of halogens is 2. The topological polar surface area (TPSA) is 24.9 Å². The molecule has 1 aromatic carbocycles. The molecule has 0 amide bonds. The molecule has 1 unspecified atom stereocenters. The van der Waals surface area contributed by atoms with Gasteiger partial charge in [0.2, 0.25) is 0 Å². The van der Waals surface area contributed by atoms with E-state index in [2.05, 4.69) is 28.2 Å². The van der Waals surface area contributed by atoms with Crippen molar-refractivity contribution in [3.63, 3.8) is 0 Å². The van der Waals surface area contributed by atoms with E-state index < -0.39 is 0 Å². The van der Waals surface area contributed by atoms with Crippen molar-refractivity contribution in [3.8, 4) is 10.6 Å². The third kappa shape index (κ3) is 3.05. The molecule has 3 rings (SSSR count). The van der Waals surface area contributed by atoms with Crippen molar-refractivity contribution in [1.29, 1.82) is 0 Å². The summed E-state index contributed by atoms with van der Waals surface area (Å²) in [7, 11) is 0. The van der Waals surface area contributed by atoms with Gasteiger partial charge in [-0.15, -0.1) is 11.3 Å². The molecule has 1 aliphatic rings. The number of rotatable bonds is 4. The number of hydrogen-bond acceptors (Lipinski definition) is 3.